The Kier molecular flexibility index (Phi) is 6.85. The molecule has 0 bridgehead atoms. The zero-order valence-corrected chi connectivity index (χ0v) is 21.4. The molecule has 36 heavy (non-hydrogen) atoms. The second-order valence-electron chi connectivity index (χ2n) is 10.1. The summed E-state index contributed by atoms with van der Waals surface area (Å²) in [5.41, 5.74) is 9.36. The summed E-state index contributed by atoms with van der Waals surface area (Å²) in [4.78, 5) is 36.7. The van der Waals surface area contributed by atoms with Crippen LogP contribution in [0.3, 0.4) is 0 Å². The number of piperidine rings is 1. The molecule has 1 aromatic carbocycles. The van der Waals surface area contributed by atoms with E-state index in [-0.39, 0.29) is 17.5 Å². The number of benzene rings is 1. The third-order valence-electron chi connectivity index (χ3n) is 7.97. The van der Waals surface area contributed by atoms with Gasteiger partial charge in [-0.15, -0.1) is 0 Å². The summed E-state index contributed by atoms with van der Waals surface area (Å²) in [7, 11) is 1.65. The first-order valence-electron chi connectivity index (χ1n) is 12.9. The first kappa shape index (κ1) is 24.5. The molecule has 1 aromatic heterocycles. The average molecular weight is 493 g/mol. The summed E-state index contributed by atoms with van der Waals surface area (Å²) in [6.07, 6.45) is 2.31. The van der Waals surface area contributed by atoms with E-state index in [1.54, 1.807) is 14.0 Å². The number of hydrazine groups is 1. The number of aryl methyl sites for hydroxylation is 1. The van der Waals surface area contributed by atoms with Crippen LogP contribution in [0.15, 0.2) is 36.4 Å². The third kappa shape index (κ3) is 4.53. The highest BCUT2D eigenvalue weighted by Crippen LogP contribution is 2.39. The maximum Gasteiger partial charge on any atom is 0.326 e. The number of carbonyl (C=O) groups excluding carboxylic acids is 2. The zero-order valence-electron chi connectivity index (χ0n) is 21.4. The summed E-state index contributed by atoms with van der Waals surface area (Å²) >= 11 is 0. The van der Waals surface area contributed by atoms with Crippen molar-refractivity contribution in [3.05, 3.63) is 53.2 Å². The summed E-state index contributed by atoms with van der Waals surface area (Å²) < 4.78 is 5.42. The maximum atomic E-state index is 14.0. The fraction of sp³-hybridized carbons (Fsp3) is 0.519. The van der Waals surface area contributed by atoms with E-state index in [2.05, 4.69) is 23.8 Å². The number of ether oxygens (including phenoxy) is 1. The van der Waals surface area contributed by atoms with Gasteiger partial charge in [0.25, 0.3) is 0 Å². The van der Waals surface area contributed by atoms with Crippen molar-refractivity contribution >= 4 is 17.8 Å². The highest BCUT2D eigenvalue weighted by Gasteiger charge is 2.51. The molecule has 0 atom stereocenters. The molecule has 9 nitrogen and oxygen atoms in total. The Morgan fingerprint density at radius 3 is 2.58 bits per heavy atom. The minimum Gasteiger partial charge on any atom is -0.497 e. The molecular formula is C27H36N6O3. The van der Waals surface area contributed by atoms with E-state index in [0.717, 1.165) is 49.4 Å². The monoisotopic (exact) mass is 492 g/mol. The molecule has 4 heterocycles. The van der Waals surface area contributed by atoms with Gasteiger partial charge in [-0.2, -0.15) is 0 Å². The molecule has 0 saturated carbocycles. The fourth-order valence-corrected chi connectivity index (χ4v) is 5.82. The van der Waals surface area contributed by atoms with E-state index in [4.69, 9.17) is 9.72 Å². The first-order valence-corrected chi connectivity index (χ1v) is 12.9. The maximum absolute atomic E-state index is 14.0. The number of methoxy groups -OCH3 is 1. The van der Waals surface area contributed by atoms with E-state index in [9.17, 15) is 9.59 Å². The van der Waals surface area contributed by atoms with E-state index in [1.807, 2.05) is 45.0 Å². The number of anilines is 1. The first-order chi connectivity index (χ1) is 17.4. The molecule has 3 amide bonds. The lowest BCUT2D eigenvalue weighted by Crippen LogP contribution is -2.54. The number of rotatable bonds is 6. The van der Waals surface area contributed by atoms with Crippen LogP contribution < -0.4 is 20.5 Å². The highest BCUT2D eigenvalue weighted by atomic mass is 16.5. The number of nitrogens with zero attached hydrogens (tertiary/aromatic N) is 4. The number of amides is 3. The molecule has 3 fully saturated rings. The number of hydrogen-bond donors (Lipinski definition) is 2. The summed E-state index contributed by atoms with van der Waals surface area (Å²) in [6.45, 7) is 7.85. The van der Waals surface area contributed by atoms with Gasteiger partial charge in [0.05, 0.1) is 19.2 Å². The summed E-state index contributed by atoms with van der Waals surface area (Å²) in [6, 6.07) is 12.0. The van der Waals surface area contributed by atoms with Gasteiger partial charge in [-0.05, 0) is 48.6 Å². The van der Waals surface area contributed by atoms with Crippen molar-refractivity contribution < 1.29 is 14.3 Å². The van der Waals surface area contributed by atoms with Gasteiger partial charge in [0.1, 0.15) is 11.6 Å². The van der Waals surface area contributed by atoms with Crippen molar-refractivity contribution in [2.24, 2.45) is 0 Å². The molecular weight excluding hydrogens is 456 g/mol. The minimum atomic E-state index is -0.349. The van der Waals surface area contributed by atoms with Crippen molar-refractivity contribution in [3.8, 4) is 5.75 Å². The predicted molar refractivity (Wildman–Crippen MR) is 138 cm³/mol. The summed E-state index contributed by atoms with van der Waals surface area (Å²) in [5.74, 6) is 1.95. The van der Waals surface area contributed by atoms with Crippen LogP contribution in [0.4, 0.5) is 10.6 Å². The number of urea groups is 1. The lowest BCUT2D eigenvalue weighted by atomic mass is 9.86. The van der Waals surface area contributed by atoms with Crippen LogP contribution in [0.5, 0.6) is 5.75 Å². The van der Waals surface area contributed by atoms with Crippen LogP contribution in [-0.4, -0.2) is 72.1 Å². The van der Waals surface area contributed by atoms with Gasteiger partial charge in [0.2, 0.25) is 5.91 Å². The van der Waals surface area contributed by atoms with E-state index in [0.29, 0.717) is 37.9 Å². The molecule has 1 spiro atoms. The van der Waals surface area contributed by atoms with Gasteiger partial charge >= 0.3 is 6.03 Å². The van der Waals surface area contributed by atoms with Crippen LogP contribution in [0.2, 0.25) is 0 Å². The lowest BCUT2D eigenvalue weighted by Gasteiger charge is -2.43. The predicted octanol–water partition coefficient (Wildman–Crippen LogP) is 2.67. The number of likely N-dealkylation sites (tertiary alicyclic amines) is 1. The number of aromatic nitrogens is 1. The van der Waals surface area contributed by atoms with Gasteiger partial charge in [0, 0.05) is 51.3 Å². The second-order valence-corrected chi connectivity index (χ2v) is 10.1. The molecule has 3 saturated heterocycles. The minimum absolute atomic E-state index is 0.0272. The average Bonchev–Trinajstić information content (AvgIpc) is 3.52. The molecule has 5 rings (SSSR count). The second kappa shape index (κ2) is 10.1. The number of hydrogen-bond acceptors (Lipinski definition) is 6. The Labute approximate surface area is 212 Å². The van der Waals surface area contributed by atoms with Crippen LogP contribution >= 0.6 is 0 Å². The molecule has 192 valence electrons. The smallest absolute Gasteiger partial charge is 0.326 e. The van der Waals surface area contributed by atoms with Crippen LogP contribution in [0, 0.1) is 0 Å². The van der Waals surface area contributed by atoms with Crippen molar-refractivity contribution in [2.75, 3.05) is 44.7 Å². The Bertz CT molecular complexity index is 1120. The Morgan fingerprint density at radius 1 is 1.17 bits per heavy atom. The van der Waals surface area contributed by atoms with Crippen molar-refractivity contribution in [2.45, 2.75) is 51.1 Å². The fourth-order valence-electron chi connectivity index (χ4n) is 5.82. The lowest BCUT2D eigenvalue weighted by molar-refractivity contribution is -0.131. The zero-order chi connectivity index (χ0) is 25.3. The highest BCUT2D eigenvalue weighted by molar-refractivity contribution is 5.94. The molecule has 2 aromatic rings. The van der Waals surface area contributed by atoms with Gasteiger partial charge in [-0.3, -0.25) is 20.5 Å². The number of nitrogens with one attached hydrogen (secondary N) is 2. The summed E-state index contributed by atoms with van der Waals surface area (Å²) in [5, 5.41) is 0. The molecule has 0 unspecified atom stereocenters. The van der Waals surface area contributed by atoms with Crippen molar-refractivity contribution in [3.63, 3.8) is 0 Å². The van der Waals surface area contributed by atoms with Crippen molar-refractivity contribution in [1.29, 1.82) is 0 Å². The van der Waals surface area contributed by atoms with E-state index in [1.165, 1.54) is 5.56 Å². The Hall–Kier alpha value is -3.17. The van der Waals surface area contributed by atoms with Crippen molar-refractivity contribution in [1.82, 2.24) is 25.6 Å². The largest absolute Gasteiger partial charge is 0.497 e. The Balaban J connectivity index is 1.46. The van der Waals surface area contributed by atoms with E-state index < -0.39 is 0 Å². The SMILES string of the molecule is CCc1nc(N2CC3(CCN(C(C)=O)CC3)N(Cc3cccc(OC)c3)C2=O)ccc1C1CNNC1. The normalized spacial score (nSPS) is 20.0. The van der Waals surface area contributed by atoms with Crippen LogP contribution in [0.1, 0.15) is 49.4 Å². The van der Waals surface area contributed by atoms with E-state index >= 15 is 0 Å². The van der Waals surface area contributed by atoms with Gasteiger partial charge in [0.15, 0.2) is 0 Å². The van der Waals surface area contributed by atoms with Gasteiger partial charge < -0.3 is 14.5 Å². The molecule has 3 aliphatic rings. The third-order valence-corrected chi connectivity index (χ3v) is 7.97. The topological polar surface area (TPSA) is 90.0 Å². The molecule has 0 aliphatic carbocycles. The quantitative estimate of drug-likeness (QED) is 0.645. The van der Waals surface area contributed by atoms with Crippen LogP contribution in [0.25, 0.3) is 0 Å². The molecule has 9 heteroatoms. The molecule has 2 N–H and O–H groups in total. The van der Waals surface area contributed by atoms with Gasteiger partial charge in [-0.25, -0.2) is 9.78 Å². The number of pyridine rings is 1. The molecule has 3 aliphatic heterocycles. The Morgan fingerprint density at radius 2 is 1.92 bits per heavy atom. The molecule has 0 radical (unpaired) electrons. The number of carbonyl (C=O) groups is 2. The van der Waals surface area contributed by atoms with Crippen LogP contribution in [-0.2, 0) is 17.8 Å². The van der Waals surface area contributed by atoms with Gasteiger partial charge in [-0.1, -0.05) is 25.1 Å². The standard InChI is InChI=1S/C27H36N6O3/c1-4-24-23(21-15-28-29-16-21)8-9-25(30-24)32-18-27(10-12-31(13-11-27)19(2)34)33(26(32)35)17-20-6-5-7-22(14-20)36-3/h5-9,14,21,28-29H,4,10-13,15-18H2,1-3H3.